The molecule has 0 unspecified atom stereocenters. The molecular formula is C18H14O3. The topological polar surface area (TPSA) is 46.5 Å². The number of hydrogen-bond donors (Lipinski definition) is 1. The molecule has 1 aliphatic heterocycles. The van der Waals surface area contributed by atoms with Crippen LogP contribution in [-0.2, 0) is 9.53 Å². The Hall–Kier alpha value is -2.81. The highest BCUT2D eigenvalue weighted by Crippen LogP contribution is 2.32. The van der Waals surface area contributed by atoms with E-state index in [2.05, 4.69) is 0 Å². The first-order valence-electron chi connectivity index (χ1n) is 6.69. The van der Waals surface area contributed by atoms with Gasteiger partial charge < -0.3 is 9.84 Å². The third kappa shape index (κ3) is 2.87. The molecule has 0 saturated heterocycles. The molecule has 2 aromatic rings. The first-order valence-corrected chi connectivity index (χ1v) is 6.69. The zero-order chi connectivity index (χ0) is 14.7. The summed E-state index contributed by atoms with van der Waals surface area (Å²) in [5.74, 6) is -0.432. The van der Waals surface area contributed by atoms with Crippen molar-refractivity contribution >= 4 is 17.5 Å². The van der Waals surface area contributed by atoms with Crippen LogP contribution in [0.3, 0.4) is 0 Å². The lowest BCUT2D eigenvalue weighted by molar-refractivity contribution is -0.138. The van der Waals surface area contributed by atoms with E-state index < -0.39 is 11.9 Å². The minimum atomic E-state index is -0.889. The lowest BCUT2D eigenvalue weighted by Gasteiger charge is -2.20. The summed E-state index contributed by atoms with van der Waals surface area (Å²) in [4.78, 5) is 11.4. The molecule has 0 amide bonds. The molecule has 0 spiro atoms. The molecule has 3 nitrogen and oxygen atoms in total. The van der Waals surface area contributed by atoms with E-state index in [9.17, 15) is 9.90 Å². The fourth-order valence-corrected chi connectivity index (χ4v) is 2.22. The van der Waals surface area contributed by atoms with Gasteiger partial charge in [-0.15, -0.1) is 0 Å². The molecule has 0 radical (unpaired) electrons. The predicted octanol–water partition coefficient (Wildman–Crippen LogP) is 3.80. The molecule has 1 heterocycles. The molecular weight excluding hydrogens is 264 g/mol. The van der Waals surface area contributed by atoms with Crippen molar-refractivity contribution in [3.8, 4) is 0 Å². The van der Waals surface area contributed by atoms with E-state index in [1.54, 1.807) is 12.2 Å². The lowest BCUT2D eigenvalue weighted by atomic mass is 10.0. The second-order valence-electron chi connectivity index (χ2n) is 4.76. The van der Waals surface area contributed by atoms with Crippen LogP contribution in [0.15, 0.2) is 72.8 Å². The maximum absolute atomic E-state index is 11.4. The van der Waals surface area contributed by atoms with Gasteiger partial charge in [0.2, 0.25) is 0 Å². The van der Waals surface area contributed by atoms with Gasteiger partial charge in [0.15, 0.2) is 0 Å². The van der Waals surface area contributed by atoms with Crippen molar-refractivity contribution in [2.45, 2.75) is 0 Å². The van der Waals surface area contributed by atoms with E-state index in [1.165, 1.54) is 0 Å². The molecule has 0 aliphatic carbocycles. The maximum atomic E-state index is 11.4. The molecule has 0 bridgehead atoms. The standard InChI is InChI=1S/C18H14O3/c19-18(20)15-11-16(13-7-3-1-4-8-13)21-17(12-15)14-9-5-2-6-10-14/h1-12,15H,(H,19,20). The molecule has 0 saturated carbocycles. The van der Waals surface area contributed by atoms with Crippen LogP contribution in [0.2, 0.25) is 0 Å². The quantitative estimate of drug-likeness (QED) is 0.929. The Bertz CT molecular complexity index is 644. The molecule has 1 aliphatic rings. The Kier molecular flexibility index (Phi) is 3.56. The summed E-state index contributed by atoms with van der Waals surface area (Å²) >= 11 is 0. The maximum Gasteiger partial charge on any atom is 0.314 e. The van der Waals surface area contributed by atoms with Crippen molar-refractivity contribution in [3.05, 3.63) is 83.9 Å². The van der Waals surface area contributed by atoms with Crippen molar-refractivity contribution in [3.63, 3.8) is 0 Å². The Balaban J connectivity index is 1.99. The zero-order valence-electron chi connectivity index (χ0n) is 11.3. The van der Waals surface area contributed by atoms with Crippen molar-refractivity contribution < 1.29 is 14.6 Å². The molecule has 104 valence electrons. The lowest BCUT2D eigenvalue weighted by Crippen LogP contribution is -2.14. The summed E-state index contributed by atoms with van der Waals surface area (Å²) in [7, 11) is 0. The molecule has 21 heavy (non-hydrogen) atoms. The first-order chi connectivity index (χ1) is 10.2. The van der Waals surface area contributed by atoms with E-state index in [0.29, 0.717) is 11.5 Å². The number of ether oxygens (including phenoxy) is 1. The van der Waals surface area contributed by atoms with E-state index in [0.717, 1.165) is 11.1 Å². The van der Waals surface area contributed by atoms with E-state index >= 15 is 0 Å². The van der Waals surface area contributed by atoms with Gasteiger partial charge >= 0.3 is 5.97 Å². The van der Waals surface area contributed by atoms with E-state index in [4.69, 9.17) is 4.74 Å². The average molecular weight is 278 g/mol. The number of benzene rings is 2. The first kappa shape index (κ1) is 13.2. The van der Waals surface area contributed by atoms with Crippen LogP contribution in [0, 0.1) is 5.92 Å². The van der Waals surface area contributed by atoms with Gasteiger partial charge in [-0.05, 0) is 12.2 Å². The van der Waals surface area contributed by atoms with E-state index in [-0.39, 0.29) is 0 Å². The summed E-state index contributed by atoms with van der Waals surface area (Å²) in [6.07, 6.45) is 3.26. The molecule has 1 N–H and O–H groups in total. The fourth-order valence-electron chi connectivity index (χ4n) is 2.22. The van der Waals surface area contributed by atoms with Gasteiger partial charge in [-0.1, -0.05) is 60.7 Å². The van der Waals surface area contributed by atoms with Gasteiger partial charge in [-0.3, -0.25) is 4.79 Å². The third-order valence-electron chi connectivity index (χ3n) is 3.28. The van der Waals surface area contributed by atoms with Crippen molar-refractivity contribution in [1.82, 2.24) is 0 Å². The van der Waals surface area contributed by atoms with Crippen LogP contribution in [0.1, 0.15) is 11.1 Å². The molecule has 0 aromatic heterocycles. The number of aliphatic carboxylic acids is 1. The van der Waals surface area contributed by atoms with Crippen LogP contribution in [0.5, 0.6) is 0 Å². The highest BCUT2D eigenvalue weighted by Gasteiger charge is 2.22. The van der Waals surface area contributed by atoms with E-state index in [1.807, 2.05) is 60.7 Å². The second-order valence-corrected chi connectivity index (χ2v) is 4.76. The SMILES string of the molecule is O=C(O)C1C=C(c2ccccc2)OC(c2ccccc2)=C1. The molecule has 3 rings (SSSR count). The highest BCUT2D eigenvalue weighted by molar-refractivity contribution is 5.83. The summed E-state index contributed by atoms with van der Waals surface area (Å²) in [6.45, 7) is 0. The van der Waals surface area contributed by atoms with Crippen LogP contribution in [-0.4, -0.2) is 11.1 Å². The number of carboxylic acid groups (broad SMARTS) is 1. The molecule has 3 heteroatoms. The van der Waals surface area contributed by atoms with Crippen LogP contribution in [0.4, 0.5) is 0 Å². The van der Waals surface area contributed by atoms with Crippen molar-refractivity contribution in [2.75, 3.05) is 0 Å². The largest absolute Gasteiger partial charge is 0.481 e. The van der Waals surface area contributed by atoms with Crippen LogP contribution >= 0.6 is 0 Å². The van der Waals surface area contributed by atoms with Crippen molar-refractivity contribution in [2.24, 2.45) is 5.92 Å². The summed E-state index contributed by atoms with van der Waals surface area (Å²) < 4.78 is 5.90. The van der Waals surface area contributed by atoms with Crippen molar-refractivity contribution in [1.29, 1.82) is 0 Å². The highest BCUT2D eigenvalue weighted by atomic mass is 16.5. The molecule has 0 fully saturated rings. The Morgan fingerprint density at radius 3 is 1.62 bits per heavy atom. The van der Waals surface area contributed by atoms with Gasteiger partial charge in [0.1, 0.15) is 17.4 Å². The normalized spacial score (nSPS) is 14.9. The second kappa shape index (κ2) is 5.67. The van der Waals surface area contributed by atoms with Gasteiger partial charge in [0.25, 0.3) is 0 Å². The van der Waals surface area contributed by atoms with Crippen LogP contribution in [0.25, 0.3) is 11.5 Å². The average Bonchev–Trinajstić information content (AvgIpc) is 2.56. The number of carboxylic acids is 1. The smallest absolute Gasteiger partial charge is 0.314 e. The Morgan fingerprint density at radius 1 is 0.810 bits per heavy atom. The van der Waals surface area contributed by atoms with Gasteiger partial charge in [0, 0.05) is 11.1 Å². The predicted molar refractivity (Wildman–Crippen MR) is 81.0 cm³/mol. The van der Waals surface area contributed by atoms with Crippen LogP contribution < -0.4 is 0 Å². The number of carbonyl (C=O) groups is 1. The fraction of sp³-hybridized carbons (Fsp3) is 0.0556. The Morgan fingerprint density at radius 2 is 1.24 bits per heavy atom. The number of rotatable bonds is 3. The molecule has 2 aromatic carbocycles. The number of hydrogen-bond acceptors (Lipinski definition) is 2. The summed E-state index contributed by atoms with van der Waals surface area (Å²) in [5.41, 5.74) is 1.73. The summed E-state index contributed by atoms with van der Waals surface area (Å²) in [6, 6.07) is 19.0. The Labute approximate surface area is 122 Å². The minimum absolute atomic E-state index is 0.573. The summed E-state index contributed by atoms with van der Waals surface area (Å²) in [5, 5.41) is 9.32. The third-order valence-corrected chi connectivity index (χ3v) is 3.28. The minimum Gasteiger partial charge on any atom is -0.481 e. The zero-order valence-corrected chi connectivity index (χ0v) is 11.3. The van der Waals surface area contributed by atoms with Gasteiger partial charge in [0.05, 0.1) is 0 Å². The van der Waals surface area contributed by atoms with Gasteiger partial charge in [-0.2, -0.15) is 0 Å². The van der Waals surface area contributed by atoms with Gasteiger partial charge in [-0.25, -0.2) is 0 Å². The molecule has 0 atom stereocenters. The monoisotopic (exact) mass is 278 g/mol.